The van der Waals surface area contributed by atoms with Gasteiger partial charge in [-0.1, -0.05) is 35.9 Å². The molecular formula is C29H33ClFN7O2. The van der Waals surface area contributed by atoms with Crippen LogP contribution in [0.25, 0.3) is 16.6 Å². The minimum atomic E-state index is -0.435. The van der Waals surface area contributed by atoms with Gasteiger partial charge in [0.2, 0.25) is 0 Å². The van der Waals surface area contributed by atoms with Crippen LogP contribution >= 0.6 is 11.6 Å². The van der Waals surface area contributed by atoms with E-state index < -0.39 is 5.82 Å². The van der Waals surface area contributed by atoms with Gasteiger partial charge >= 0.3 is 0 Å². The van der Waals surface area contributed by atoms with E-state index in [2.05, 4.69) is 58.7 Å². The van der Waals surface area contributed by atoms with Crippen molar-refractivity contribution >= 4 is 40.8 Å². The first-order chi connectivity index (χ1) is 19.2. The zero-order valence-electron chi connectivity index (χ0n) is 22.4. The first-order valence-electron chi connectivity index (χ1n) is 12.8. The molecule has 0 radical (unpaired) electrons. The smallest absolute Gasteiger partial charge is 0.290 e. The molecule has 0 spiro atoms. The number of carboxylic acid groups (broad SMARTS) is 1. The molecule has 1 fully saturated rings. The highest BCUT2D eigenvalue weighted by molar-refractivity contribution is 6.33. The van der Waals surface area contributed by atoms with E-state index in [9.17, 15) is 4.39 Å². The first kappa shape index (κ1) is 29.0. The molecule has 0 saturated heterocycles. The normalized spacial score (nSPS) is 17.1. The van der Waals surface area contributed by atoms with Crippen LogP contribution in [0.1, 0.15) is 30.4 Å². The van der Waals surface area contributed by atoms with Crippen LogP contribution in [0.2, 0.25) is 5.02 Å². The second-order valence-corrected chi connectivity index (χ2v) is 10.4. The van der Waals surface area contributed by atoms with Crippen LogP contribution in [-0.2, 0) is 11.3 Å². The number of hydrogen-bond acceptors (Lipinski definition) is 6. The maximum atomic E-state index is 13.9. The van der Waals surface area contributed by atoms with Gasteiger partial charge in [-0.3, -0.25) is 4.79 Å². The lowest BCUT2D eigenvalue weighted by Gasteiger charge is -2.18. The number of anilines is 1. The fraction of sp³-hybridized carbons (Fsp3) is 0.276. The van der Waals surface area contributed by atoms with E-state index in [4.69, 9.17) is 33.0 Å². The van der Waals surface area contributed by atoms with E-state index in [0.717, 1.165) is 48.1 Å². The van der Waals surface area contributed by atoms with E-state index >= 15 is 0 Å². The van der Waals surface area contributed by atoms with E-state index in [0.29, 0.717) is 10.6 Å². The number of aromatic nitrogens is 2. The van der Waals surface area contributed by atoms with Crippen LogP contribution in [-0.4, -0.2) is 58.1 Å². The Labute approximate surface area is 237 Å². The maximum Gasteiger partial charge on any atom is 0.290 e. The molecule has 6 N–H and O–H groups in total. The Kier molecular flexibility index (Phi) is 9.36. The summed E-state index contributed by atoms with van der Waals surface area (Å²) < 4.78 is 15.7. The van der Waals surface area contributed by atoms with Gasteiger partial charge in [-0.2, -0.15) is 5.10 Å². The Bertz CT molecular complexity index is 1520. The number of benzene rings is 2. The molecule has 40 heavy (non-hydrogen) atoms. The molecule has 4 aromatic rings. The average Bonchev–Trinajstić information content (AvgIpc) is 3.53. The second-order valence-electron chi connectivity index (χ2n) is 10.00. The Hall–Kier alpha value is -3.99. The quantitative estimate of drug-likeness (QED) is 0.142. The number of fused-ring (bicyclic) bond motifs is 1. The molecule has 1 saturated carbocycles. The number of rotatable bonds is 7. The average molecular weight is 566 g/mol. The standard InChI is InChI=1S/C28H31ClFN7.CH2O2/c1-36(2)15-17-5-3-4-6-22(17)18-11-26-27(34-21-9-8-20(31)13-21)23(14-33-37(26)16-18)28(32)35-25-12-19(30)7-10-24(25)29;2-1-3/h3-7,10-12,14,16,20-21,34H,8-9,13,15,31H2,1-2H3,(H2,32,35);1H,(H,2,3)/t20-,21+;/m0./s1. The molecule has 0 aliphatic heterocycles. The van der Waals surface area contributed by atoms with Gasteiger partial charge in [0.15, 0.2) is 0 Å². The van der Waals surface area contributed by atoms with Crippen molar-refractivity contribution in [2.24, 2.45) is 16.5 Å². The van der Waals surface area contributed by atoms with Gasteiger partial charge in [-0.15, -0.1) is 0 Å². The molecule has 0 bridgehead atoms. The molecule has 11 heteroatoms. The van der Waals surface area contributed by atoms with Crippen LogP contribution in [0.15, 0.2) is 65.9 Å². The fourth-order valence-electron chi connectivity index (χ4n) is 4.94. The van der Waals surface area contributed by atoms with Gasteiger partial charge in [0, 0.05) is 36.5 Å². The predicted octanol–water partition coefficient (Wildman–Crippen LogP) is 4.88. The predicted molar refractivity (Wildman–Crippen MR) is 158 cm³/mol. The monoisotopic (exact) mass is 565 g/mol. The molecule has 5 rings (SSSR count). The number of hydrogen-bond donors (Lipinski definition) is 4. The zero-order valence-corrected chi connectivity index (χ0v) is 23.1. The topological polar surface area (TPSA) is 134 Å². The molecule has 2 aromatic carbocycles. The van der Waals surface area contributed by atoms with Crippen LogP contribution in [0.5, 0.6) is 0 Å². The molecule has 2 aromatic heterocycles. The molecule has 2 atom stereocenters. The van der Waals surface area contributed by atoms with Crippen molar-refractivity contribution in [2.45, 2.75) is 37.9 Å². The van der Waals surface area contributed by atoms with Crippen molar-refractivity contribution in [2.75, 3.05) is 19.4 Å². The lowest BCUT2D eigenvalue weighted by atomic mass is 10.0. The Morgan fingerprint density at radius 2 is 2.02 bits per heavy atom. The molecule has 1 aliphatic rings. The van der Waals surface area contributed by atoms with Crippen molar-refractivity contribution in [3.05, 3.63) is 82.9 Å². The van der Waals surface area contributed by atoms with Crippen molar-refractivity contribution in [1.82, 2.24) is 14.5 Å². The summed E-state index contributed by atoms with van der Waals surface area (Å²) >= 11 is 6.26. The molecule has 0 amide bonds. The highest BCUT2D eigenvalue weighted by Gasteiger charge is 2.24. The van der Waals surface area contributed by atoms with E-state index in [-0.39, 0.29) is 30.1 Å². The van der Waals surface area contributed by atoms with Gasteiger partial charge in [0.25, 0.3) is 6.47 Å². The molecule has 2 heterocycles. The van der Waals surface area contributed by atoms with Gasteiger partial charge in [0.05, 0.1) is 33.7 Å². The summed E-state index contributed by atoms with van der Waals surface area (Å²) in [7, 11) is 4.12. The first-order valence-corrected chi connectivity index (χ1v) is 13.2. The van der Waals surface area contributed by atoms with Crippen LogP contribution in [0.3, 0.4) is 0 Å². The lowest BCUT2D eigenvalue weighted by Crippen LogP contribution is -2.24. The number of nitrogens with two attached hydrogens (primary N) is 2. The summed E-state index contributed by atoms with van der Waals surface area (Å²) in [6.07, 6.45) is 6.49. The second kappa shape index (κ2) is 12.9. The van der Waals surface area contributed by atoms with E-state index in [1.165, 1.54) is 23.8 Å². The maximum absolute atomic E-state index is 13.9. The summed E-state index contributed by atoms with van der Waals surface area (Å²) in [6.45, 7) is 0.570. The number of halogens is 2. The summed E-state index contributed by atoms with van der Waals surface area (Å²) in [5.41, 5.74) is 18.7. The summed E-state index contributed by atoms with van der Waals surface area (Å²) in [4.78, 5) is 15.0. The van der Waals surface area contributed by atoms with Crippen molar-refractivity contribution in [3.63, 3.8) is 0 Å². The van der Waals surface area contributed by atoms with Crippen molar-refractivity contribution < 1.29 is 14.3 Å². The molecular weight excluding hydrogens is 533 g/mol. The van der Waals surface area contributed by atoms with Crippen LogP contribution < -0.4 is 16.8 Å². The molecule has 1 aliphatic carbocycles. The number of nitrogens with zero attached hydrogens (tertiary/aromatic N) is 4. The number of aliphatic imine (C=N–C) groups is 1. The van der Waals surface area contributed by atoms with Gasteiger partial charge in [-0.05, 0) is 62.7 Å². The van der Waals surface area contributed by atoms with Crippen LogP contribution in [0.4, 0.5) is 15.8 Å². The largest absolute Gasteiger partial charge is 0.483 e. The molecule has 0 unspecified atom stereocenters. The van der Waals surface area contributed by atoms with Gasteiger partial charge < -0.3 is 26.8 Å². The minimum absolute atomic E-state index is 0.163. The Morgan fingerprint density at radius 1 is 1.27 bits per heavy atom. The van der Waals surface area contributed by atoms with Crippen LogP contribution in [0, 0.1) is 5.82 Å². The summed E-state index contributed by atoms with van der Waals surface area (Å²) in [6, 6.07) is 14.9. The third-order valence-corrected chi connectivity index (χ3v) is 7.02. The Morgan fingerprint density at radius 3 is 2.73 bits per heavy atom. The fourth-order valence-corrected chi connectivity index (χ4v) is 5.10. The number of nitrogens with one attached hydrogen (secondary N) is 1. The highest BCUT2D eigenvalue weighted by atomic mass is 35.5. The third kappa shape index (κ3) is 6.77. The Balaban J connectivity index is 0.00000118. The third-order valence-electron chi connectivity index (χ3n) is 6.70. The van der Waals surface area contributed by atoms with E-state index in [1.807, 2.05) is 16.8 Å². The number of amidine groups is 1. The summed E-state index contributed by atoms with van der Waals surface area (Å²) in [5.74, 6) is -0.238. The number of carbonyl (C=O) groups is 1. The highest BCUT2D eigenvalue weighted by Crippen LogP contribution is 2.33. The zero-order chi connectivity index (χ0) is 28.8. The lowest BCUT2D eigenvalue weighted by molar-refractivity contribution is -0.122. The minimum Gasteiger partial charge on any atom is -0.483 e. The van der Waals surface area contributed by atoms with Crippen molar-refractivity contribution in [3.8, 4) is 11.1 Å². The van der Waals surface area contributed by atoms with E-state index in [1.54, 1.807) is 6.20 Å². The van der Waals surface area contributed by atoms with Crippen molar-refractivity contribution in [1.29, 1.82) is 0 Å². The molecule has 9 nitrogen and oxygen atoms in total. The molecule has 210 valence electrons. The van der Waals surface area contributed by atoms with Gasteiger partial charge in [0.1, 0.15) is 11.7 Å². The SMILES string of the molecule is CN(C)Cc1ccccc1-c1cc2c(N[C@@H]3CC[C@H](N)C3)c(C(N)=Nc3cc(F)ccc3Cl)cnn2c1.O=CO. The van der Waals surface area contributed by atoms with Gasteiger partial charge in [-0.25, -0.2) is 13.9 Å². The summed E-state index contributed by atoms with van der Waals surface area (Å²) in [5, 5.41) is 15.5.